The van der Waals surface area contributed by atoms with E-state index in [1.54, 1.807) is 4.57 Å². The fraction of sp³-hybridized carbons (Fsp3) is 0.250. The largest absolute Gasteiger partial charge is 0.382 e. The van der Waals surface area contributed by atoms with E-state index < -0.39 is 15.7 Å². The third kappa shape index (κ3) is 4.37. The number of nitrogen functional groups attached to an aromatic ring is 1. The SMILES string of the molecule is Nc1ncnc2c1ncn2CCC(=O)NCCS(=O)(=O)c1ccc(F)cc1. The van der Waals surface area contributed by atoms with Crippen LogP contribution in [0.15, 0.2) is 41.8 Å². The van der Waals surface area contributed by atoms with Crippen molar-refractivity contribution >= 4 is 32.7 Å². The van der Waals surface area contributed by atoms with Gasteiger partial charge >= 0.3 is 0 Å². The summed E-state index contributed by atoms with van der Waals surface area (Å²) in [6, 6.07) is 4.56. The summed E-state index contributed by atoms with van der Waals surface area (Å²) in [4.78, 5) is 24.0. The van der Waals surface area contributed by atoms with E-state index in [9.17, 15) is 17.6 Å². The molecule has 0 aliphatic heterocycles. The van der Waals surface area contributed by atoms with Crippen LogP contribution in [-0.2, 0) is 21.2 Å². The second kappa shape index (κ2) is 7.66. The molecule has 2 heterocycles. The van der Waals surface area contributed by atoms with E-state index in [1.165, 1.54) is 24.8 Å². The molecule has 3 rings (SSSR count). The average molecular weight is 392 g/mol. The molecule has 0 radical (unpaired) electrons. The first-order valence-electron chi connectivity index (χ1n) is 8.03. The van der Waals surface area contributed by atoms with E-state index in [4.69, 9.17) is 5.73 Å². The molecule has 3 N–H and O–H groups in total. The number of imidazole rings is 1. The number of hydrogen-bond acceptors (Lipinski definition) is 7. The number of aromatic nitrogens is 4. The first-order valence-corrected chi connectivity index (χ1v) is 9.68. The zero-order chi connectivity index (χ0) is 19.4. The minimum atomic E-state index is -3.59. The number of nitrogens with one attached hydrogen (secondary N) is 1. The van der Waals surface area contributed by atoms with Crippen LogP contribution in [0.3, 0.4) is 0 Å². The third-order valence-electron chi connectivity index (χ3n) is 3.88. The van der Waals surface area contributed by atoms with E-state index in [0.29, 0.717) is 17.7 Å². The van der Waals surface area contributed by atoms with Gasteiger partial charge < -0.3 is 15.6 Å². The number of fused-ring (bicyclic) bond motifs is 1. The lowest BCUT2D eigenvalue weighted by Gasteiger charge is -2.07. The van der Waals surface area contributed by atoms with E-state index >= 15 is 0 Å². The Bertz CT molecular complexity index is 1070. The number of halogens is 1. The Kier molecular flexibility index (Phi) is 5.31. The number of sulfone groups is 1. The van der Waals surface area contributed by atoms with Gasteiger partial charge in [0.2, 0.25) is 5.91 Å². The number of hydrogen-bond donors (Lipinski definition) is 2. The highest BCUT2D eigenvalue weighted by Gasteiger charge is 2.15. The van der Waals surface area contributed by atoms with Crippen molar-refractivity contribution in [2.24, 2.45) is 0 Å². The van der Waals surface area contributed by atoms with E-state index in [-0.39, 0.29) is 35.3 Å². The highest BCUT2D eigenvalue weighted by atomic mass is 32.2. The van der Waals surface area contributed by atoms with Crippen molar-refractivity contribution in [3.63, 3.8) is 0 Å². The van der Waals surface area contributed by atoms with Gasteiger partial charge in [-0.25, -0.2) is 27.8 Å². The molecule has 0 unspecified atom stereocenters. The summed E-state index contributed by atoms with van der Waals surface area (Å²) in [7, 11) is -3.59. The molecule has 11 heteroatoms. The van der Waals surface area contributed by atoms with Crippen LogP contribution < -0.4 is 11.1 Å². The summed E-state index contributed by atoms with van der Waals surface area (Å²) in [6.45, 7) is 0.266. The molecular weight excluding hydrogens is 375 g/mol. The molecule has 0 aliphatic carbocycles. The fourth-order valence-corrected chi connectivity index (χ4v) is 3.61. The van der Waals surface area contributed by atoms with Crippen molar-refractivity contribution in [3.05, 3.63) is 42.7 Å². The van der Waals surface area contributed by atoms with Gasteiger partial charge in [0.15, 0.2) is 21.3 Å². The van der Waals surface area contributed by atoms with Gasteiger partial charge in [0.05, 0.1) is 17.0 Å². The maximum atomic E-state index is 12.9. The Balaban J connectivity index is 1.51. The van der Waals surface area contributed by atoms with Gasteiger partial charge in [-0.2, -0.15) is 0 Å². The van der Waals surface area contributed by atoms with Crippen molar-refractivity contribution in [1.82, 2.24) is 24.8 Å². The summed E-state index contributed by atoms with van der Waals surface area (Å²) in [5.74, 6) is -0.842. The number of nitrogens with two attached hydrogens (primary N) is 1. The van der Waals surface area contributed by atoms with Crippen molar-refractivity contribution in [1.29, 1.82) is 0 Å². The maximum Gasteiger partial charge on any atom is 0.221 e. The summed E-state index contributed by atoms with van der Waals surface area (Å²) in [5, 5.41) is 2.56. The predicted octanol–water partition coefficient (Wildman–Crippen LogP) is 0.528. The van der Waals surface area contributed by atoms with Gasteiger partial charge in [0, 0.05) is 19.5 Å². The van der Waals surface area contributed by atoms with Crippen molar-refractivity contribution in [3.8, 4) is 0 Å². The Hall–Kier alpha value is -3.08. The summed E-state index contributed by atoms with van der Waals surface area (Å²) in [5.41, 5.74) is 6.69. The molecule has 0 saturated carbocycles. The summed E-state index contributed by atoms with van der Waals surface area (Å²) >= 11 is 0. The van der Waals surface area contributed by atoms with Crippen LogP contribution in [0.2, 0.25) is 0 Å². The van der Waals surface area contributed by atoms with Crippen LogP contribution >= 0.6 is 0 Å². The first kappa shape index (κ1) is 18.7. The number of carbonyl (C=O) groups excluding carboxylic acids is 1. The maximum absolute atomic E-state index is 12.9. The summed E-state index contributed by atoms with van der Waals surface area (Å²) < 4.78 is 38.8. The van der Waals surface area contributed by atoms with Crippen molar-refractivity contribution in [2.75, 3.05) is 18.0 Å². The van der Waals surface area contributed by atoms with Gasteiger partial charge in [-0.05, 0) is 24.3 Å². The van der Waals surface area contributed by atoms with Crippen molar-refractivity contribution in [2.45, 2.75) is 17.9 Å². The van der Waals surface area contributed by atoms with Crippen molar-refractivity contribution < 1.29 is 17.6 Å². The highest BCUT2D eigenvalue weighted by molar-refractivity contribution is 7.91. The fourth-order valence-electron chi connectivity index (χ4n) is 2.46. The van der Waals surface area contributed by atoms with Crippen LogP contribution in [0.4, 0.5) is 10.2 Å². The standard InChI is InChI=1S/C16H17FN6O3S/c17-11-1-3-12(4-2-11)27(25,26)8-6-19-13(24)5-7-23-10-22-14-15(18)20-9-21-16(14)23/h1-4,9-10H,5-8H2,(H,19,24)(H2,18,20,21). The quantitative estimate of drug-likeness (QED) is 0.560. The molecule has 142 valence electrons. The Morgan fingerprint density at radius 2 is 1.93 bits per heavy atom. The minimum absolute atomic E-state index is 0.0142. The van der Waals surface area contributed by atoms with Gasteiger partial charge in [0.25, 0.3) is 0 Å². The van der Waals surface area contributed by atoms with Crippen LogP contribution in [0.5, 0.6) is 0 Å². The Labute approximate surface area is 154 Å². The molecule has 1 amide bonds. The predicted molar refractivity (Wildman–Crippen MR) is 95.8 cm³/mol. The van der Waals surface area contributed by atoms with Gasteiger partial charge in [-0.1, -0.05) is 0 Å². The molecule has 0 atom stereocenters. The molecule has 2 aromatic heterocycles. The smallest absolute Gasteiger partial charge is 0.221 e. The molecule has 0 spiro atoms. The number of amides is 1. The monoisotopic (exact) mass is 392 g/mol. The number of rotatable bonds is 7. The number of anilines is 1. The number of aryl methyl sites for hydroxylation is 1. The van der Waals surface area contributed by atoms with Crippen LogP contribution in [-0.4, -0.2) is 46.1 Å². The first-order chi connectivity index (χ1) is 12.9. The molecule has 0 bridgehead atoms. The summed E-state index contributed by atoms with van der Waals surface area (Å²) in [6.07, 6.45) is 2.95. The van der Waals surface area contributed by atoms with Crippen LogP contribution in [0.1, 0.15) is 6.42 Å². The highest BCUT2D eigenvalue weighted by Crippen LogP contribution is 2.14. The van der Waals surface area contributed by atoms with E-state index in [1.807, 2.05) is 0 Å². The van der Waals surface area contributed by atoms with Gasteiger partial charge in [-0.15, -0.1) is 0 Å². The minimum Gasteiger partial charge on any atom is -0.382 e. The molecule has 1 aromatic carbocycles. The molecule has 3 aromatic rings. The topological polar surface area (TPSA) is 133 Å². The van der Waals surface area contributed by atoms with Crippen LogP contribution in [0, 0.1) is 5.82 Å². The number of benzene rings is 1. The molecule has 0 fully saturated rings. The lowest BCUT2D eigenvalue weighted by molar-refractivity contribution is -0.121. The molecular formula is C16H17FN6O3S. The van der Waals surface area contributed by atoms with E-state index in [2.05, 4.69) is 20.3 Å². The molecule has 0 aliphatic rings. The molecule has 0 saturated heterocycles. The molecule has 9 nitrogen and oxygen atoms in total. The van der Waals surface area contributed by atoms with Gasteiger partial charge in [-0.3, -0.25) is 4.79 Å². The van der Waals surface area contributed by atoms with E-state index in [0.717, 1.165) is 12.1 Å². The van der Waals surface area contributed by atoms with Gasteiger partial charge in [0.1, 0.15) is 17.7 Å². The van der Waals surface area contributed by atoms with Crippen LogP contribution in [0.25, 0.3) is 11.2 Å². The Morgan fingerprint density at radius 3 is 2.67 bits per heavy atom. The second-order valence-electron chi connectivity index (χ2n) is 5.74. The second-order valence-corrected chi connectivity index (χ2v) is 7.85. The lowest BCUT2D eigenvalue weighted by Crippen LogP contribution is -2.29. The Morgan fingerprint density at radius 1 is 1.19 bits per heavy atom. The number of carbonyl (C=O) groups is 1. The normalized spacial score (nSPS) is 11.6. The zero-order valence-corrected chi connectivity index (χ0v) is 15.0. The third-order valence-corrected chi connectivity index (χ3v) is 5.61. The molecule has 27 heavy (non-hydrogen) atoms. The number of nitrogens with zero attached hydrogens (tertiary/aromatic N) is 4. The average Bonchev–Trinajstić information content (AvgIpc) is 3.05. The zero-order valence-electron chi connectivity index (χ0n) is 14.2. The lowest BCUT2D eigenvalue weighted by atomic mass is 10.4.